The van der Waals surface area contributed by atoms with Gasteiger partial charge in [0.2, 0.25) is 0 Å². The number of fused-ring (bicyclic) bond motifs is 1. The number of ether oxygens (including phenoxy) is 1. The van der Waals surface area contributed by atoms with Crippen molar-refractivity contribution >= 4 is 40.3 Å². The molecule has 1 fully saturated rings. The van der Waals surface area contributed by atoms with Crippen molar-refractivity contribution in [3.05, 3.63) is 77.3 Å². The Labute approximate surface area is 198 Å². The molecule has 1 aliphatic rings. The van der Waals surface area contributed by atoms with Gasteiger partial charge in [0, 0.05) is 23.9 Å². The average molecular weight is 480 g/mol. The number of amidine groups is 1. The number of hydrogen-bond acceptors (Lipinski definition) is 6. The second kappa shape index (κ2) is 8.68. The van der Waals surface area contributed by atoms with Crippen LogP contribution in [0.4, 0.5) is 15.8 Å². The van der Waals surface area contributed by atoms with Gasteiger partial charge in [-0.15, -0.1) is 0 Å². The number of cyclic esters (lactones) is 1. The van der Waals surface area contributed by atoms with Crippen LogP contribution in [0.3, 0.4) is 0 Å². The number of esters is 1. The summed E-state index contributed by atoms with van der Waals surface area (Å²) in [7, 11) is 0. The molecule has 172 valence electrons. The first-order chi connectivity index (χ1) is 16.4. The largest absolute Gasteiger partial charge is 0.505 e. The number of benzene rings is 2. The number of hydrogen-bond donors (Lipinski definition) is 3. The topological polar surface area (TPSA) is 114 Å². The van der Waals surface area contributed by atoms with Crippen LogP contribution in [0.5, 0.6) is 5.75 Å². The van der Waals surface area contributed by atoms with Gasteiger partial charge in [-0.25, -0.2) is 13.9 Å². The molecular formula is C24H19ClFN5O3. The number of anilines is 1. The molecule has 10 heteroatoms. The lowest BCUT2D eigenvalue weighted by atomic mass is 10.1. The second-order valence-electron chi connectivity index (χ2n) is 7.84. The lowest BCUT2D eigenvalue weighted by Crippen LogP contribution is -2.24. The van der Waals surface area contributed by atoms with Crippen molar-refractivity contribution in [2.45, 2.75) is 12.5 Å². The summed E-state index contributed by atoms with van der Waals surface area (Å²) in [5.74, 6) is -1.72. The van der Waals surface area contributed by atoms with E-state index >= 15 is 0 Å². The van der Waals surface area contributed by atoms with E-state index in [1.807, 2.05) is 42.6 Å². The molecule has 1 saturated heterocycles. The van der Waals surface area contributed by atoms with Gasteiger partial charge in [0.15, 0.2) is 11.6 Å². The zero-order chi connectivity index (χ0) is 23.8. The number of phenols is 1. The Kier molecular flexibility index (Phi) is 5.54. The van der Waals surface area contributed by atoms with Crippen LogP contribution in [-0.4, -0.2) is 39.2 Å². The van der Waals surface area contributed by atoms with Crippen LogP contribution in [0.25, 0.3) is 16.6 Å². The van der Waals surface area contributed by atoms with Gasteiger partial charge in [-0.05, 0) is 11.6 Å². The van der Waals surface area contributed by atoms with Gasteiger partial charge in [0.1, 0.15) is 12.4 Å². The van der Waals surface area contributed by atoms with Crippen molar-refractivity contribution < 1.29 is 19.0 Å². The van der Waals surface area contributed by atoms with Gasteiger partial charge >= 0.3 is 5.97 Å². The fourth-order valence-corrected chi connectivity index (χ4v) is 4.00. The number of carbonyl (C=O) groups excluding carboxylic acids is 1. The van der Waals surface area contributed by atoms with Crippen molar-refractivity contribution in [3.8, 4) is 16.9 Å². The maximum Gasteiger partial charge on any atom is 0.308 e. The van der Waals surface area contributed by atoms with E-state index < -0.39 is 11.6 Å². The molecule has 0 radical (unpaired) electrons. The molecule has 1 aliphatic heterocycles. The number of phenolic OH excluding ortho intramolecular Hbond substituents is 1. The maximum absolute atomic E-state index is 13.9. The molecule has 8 nitrogen and oxygen atoms in total. The smallest absolute Gasteiger partial charge is 0.308 e. The van der Waals surface area contributed by atoms with E-state index in [-0.39, 0.29) is 41.6 Å². The van der Waals surface area contributed by atoms with Gasteiger partial charge < -0.3 is 20.9 Å². The zero-order valence-electron chi connectivity index (χ0n) is 17.7. The van der Waals surface area contributed by atoms with Crippen LogP contribution in [-0.2, 0) is 9.53 Å². The number of nitrogens with zero attached hydrogens (tertiary/aromatic N) is 3. The summed E-state index contributed by atoms with van der Waals surface area (Å²) >= 11 is 6.11. The number of rotatable bonds is 5. The third-order valence-corrected chi connectivity index (χ3v) is 5.79. The molecule has 2 aromatic carbocycles. The first kappa shape index (κ1) is 21.7. The number of carbonyl (C=O) groups is 1. The van der Waals surface area contributed by atoms with Crippen molar-refractivity contribution in [1.82, 2.24) is 9.61 Å². The summed E-state index contributed by atoms with van der Waals surface area (Å²) in [6, 6.07) is 13.6. The number of nitrogens with two attached hydrogens (primary N) is 1. The minimum absolute atomic E-state index is 0.0252. The van der Waals surface area contributed by atoms with Gasteiger partial charge in [-0.3, -0.25) is 4.79 Å². The molecule has 1 atom stereocenters. The minimum atomic E-state index is -0.872. The van der Waals surface area contributed by atoms with E-state index in [1.165, 1.54) is 6.20 Å². The highest BCUT2D eigenvalue weighted by Gasteiger charge is 2.26. The van der Waals surface area contributed by atoms with Crippen LogP contribution in [0.2, 0.25) is 5.02 Å². The lowest BCUT2D eigenvalue weighted by molar-refractivity contribution is -0.137. The lowest BCUT2D eigenvalue weighted by Gasteiger charge is -2.16. The molecule has 0 aliphatic carbocycles. The molecule has 0 unspecified atom stereocenters. The molecular weight excluding hydrogens is 461 g/mol. The summed E-state index contributed by atoms with van der Waals surface area (Å²) in [5.41, 5.74) is 10.1. The third-order valence-electron chi connectivity index (χ3n) is 5.48. The molecule has 3 heterocycles. The molecule has 0 bridgehead atoms. The van der Waals surface area contributed by atoms with E-state index in [2.05, 4.69) is 15.4 Å². The Balaban J connectivity index is 1.63. The van der Waals surface area contributed by atoms with Crippen LogP contribution >= 0.6 is 11.6 Å². The summed E-state index contributed by atoms with van der Waals surface area (Å²) in [5, 5.41) is 17.4. The molecule has 0 spiro atoms. The number of aromatic nitrogens is 2. The Morgan fingerprint density at radius 3 is 2.79 bits per heavy atom. The summed E-state index contributed by atoms with van der Waals surface area (Å²) in [6.07, 6.45) is 3.62. The van der Waals surface area contributed by atoms with Crippen molar-refractivity contribution in [2.24, 2.45) is 10.7 Å². The first-order valence-electron chi connectivity index (χ1n) is 10.4. The third kappa shape index (κ3) is 4.13. The Morgan fingerprint density at radius 1 is 1.26 bits per heavy atom. The number of nitrogens with one attached hydrogen (secondary N) is 1. The summed E-state index contributed by atoms with van der Waals surface area (Å²) in [4.78, 5) is 15.9. The number of halogens is 2. The number of aliphatic imine (C=N–C) groups is 1. The molecule has 34 heavy (non-hydrogen) atoms. The highest BCUT2D eigenvalue weighted by atomic mass is 35.5. The summed E-state index contributed by atoms with van der Waals surface area (Å²) in [6.45, 7) is 0.213. The maximum atomic E-state index is 13.9. The molecule has 5 rings (SSSR count). The average Bonchev–Trinajstić information content (AvgIpc) is 3.44. The van der Waals surface area contributed by atoms with Crippen molar-refractivity contribution in [1.29, 1.82) is 0 Å². The molecule has 0 saturated carbocycles. The predicted molar refractivity (Wildman–Crippen MR) is 127 cm³/mol. The van der Waals surface area contributed by atoms with Gasteiger partial charge in [-0.1, -0.05) is 41.9 Å². The highest BCUT2D eigenvalue weighted by molar-refractivity contribution is 6.33. The molecule has 2 aromatic heterocycles. The van der Waals surface area contributed by atoms with Crippen LogP contribution < -0.4 is 11.1 Å². The fourth-order valence-electron chi connectivity index (χ4n) is 3.80. The highest BCUT2D eigenvalue weighted by Crippen LogP contribution is 2.33. The second-order valence-corrected chi connectivity index (χ2v) is 8.25. The molecule has 4 N–H and O–H groups in total. The van der Waals surface area contributed by atoms with Crippen LogP contribution in [0.15, 0.2) is 65.9 Å². The van der Waals surface area contributed by atoms with E-state index in [0.717, 1.165) is 23.3 Å². The zero-order valence-corrected chi connectivity index (χ0v) is 18.5. The Morgan fingerprint density at radius 2 is 2.06 bits per heavy atom. The normalized spacial score (nSPS) is 16.1. The quantitative estimate of drug-likeness (QED) is 0.224. The SMILES string of the molecule is NC(=Nc1cc(F)c(O)cc1Cl)c1cnn2cc(-c3ccccc3)cc2c1N[C@@H]1COC(=O)C1. The van der Waals surface area contributed by atoms with Crippen molar-refractivity contribution in [2.75, 3.05) is 11.9 Å². The molecule has 4 aromatic rings. The van der Waals surface area contributed by atoms with E-state index in [4.69, 9.17) is 22.1 Å². The standard InChI is InChI=1S/C24H19ClFN5O3/c25-17-8-21(32)18(26)9-19(17)30-24(27)16-10-28-31-11-14(13-4-2-1-3-5-13)6-20(31)23(16)29-15-7-22(33)34-12-15/h1-6,8-11,15,29,32H,7,12H2,(H2,27,30)/t15-/m0/s1. The Bertz CT molecular complexity index is 1440. The van der Waals surface area contributed by atoms with Gasteiger partial charge in [0.25, 0.3) is 0 Å². The molecule has 0 amide bonds. The Hall–Kier alpha value is -4.11. The van der Waals surface area contributed by atoms with Crippen LogP contribution in [0.1, 0.15) is 12.0 Å². The van der Waals surface area contributed by atoms with E-state index in [0.29, 0.717) is 16.8 Å². The van der Waals surface area contributed by atoms with Gasteiger partial charge in [0.05, 0.1) is 46.1 Å². The predicted octanol–water partition coefficient (Wildman–Crippen LogP) is 4.26. The van der Waals surface area contributed by atoms with Gasteiger partial charge in [-0.2, -0.15) is 5.10 Å². The van der Waals surface area contributed by atoms with Crippen molar-refractivity contribution in [3.63, 3.8) is 0 Å². The monoisotopic (exact) mass is 479 g/mol. The first-order valence-corrected chi connectivity index (χ1v) is 10.8. The fraction of sp³-hybridized carbons (Fsp3) is 0.125. The number of aromatic hydroxyl groups is 1. The van der Waals surface area contributed by atoms with Crippen LogP contribution in [0, 0.1) is 5.82 Å². The minimum Gasteiger partial charge on any atom is -0.505 e. The summed E-state index contributed by atoms with van der Waals surface area (Å²) < 4.78 is 20.7. The van der Waals surface area contributed by atoms with E-state index in [1.54, 1.807) is 4.52 Å². The van der Waals surface area contributed by atoms with E-state index in [9.17, 15) is 14.3 Å².